The lowest BCUT2D eigenvalue weighted by Crippen LogP contribution is -2.36. The van der Waals surface area contributed by atoms with Crippen molar-refractivity contribution < 1.29 is 0 Å². The standard InChI is InChI=1S/C26H26N6/c1-17-15-31(23-8-7-19(14-27)25-21(23)6-3-11-29-25)16-24-22-5-2-4-20(26(22)30-32(17)24)18-9-12-28-13-10-18/h2-8,11,17-18,28H,9-10,12-13,15-16H2,1H3/t17-/m1/s1. The van der Waals surface area contributed by atoms with E-state index in [1.807, 2.05) is 12.1 Å². The molecule has 2 aliphatic heterocycles. The zero-order valence-corrected chi connectivity index (χ0v) is 18.3. The van der Waals surface area contributed by atoms with Crippen molar-refractivity contribution in [3.05, 3.63) is 65.5 Å². The molecule has 6 heteroatoms. The van der Waals surface area contributed by atoms with Crippen LogP contribution in [-0.4, -0.2) is 34.4 Å². The van der Waals surface area contributed by atoms with E-state index in [1.165, 1.54) is 35.0 Å². The summed E-state index contributed by atoms with van der Waals surface area (Å²) < 4.78 is 2.25. The van der Waals surface area contributed by atoms with Gasteiger partial charge in [-0.3, -0.25) is 9.67 Å². The van der Waals surface area contributed by atoms with Gasteiger partial charge in [-0.1, -0.05) is 18.2 Å². The van der Waals surface area contributed by atoms with Crippen LogP contribution in [0, 0.1) is 11.3 Å². The van der Waals surface area contributed by atoms with Crippen LogP contribution in [0.3, 0.4) is 0 Å². The van der Waals surface area contributed by atoms with E-state index in [1.54, 1.807) is 6.20 Å². The molecule has 2 aliphatic rings. The molecule has 160 valence electrons. The van der Waals surface area contributed by atoms with E-state index in [4.69, 9.17) is 5.10 Å². The molecule has 1 saturated heterocycles. The molecule has 0 aliphatic carbocycles. The van der Waals surface area contributed by atoms with Gasteiger partial charge in [0.25, 0.3) is 0 Å². The Morgan fingerprint density at radius 1 is 1.03 bits per heavy atom. The lowest BCUT2D eigenvalue weighted by molar-refractivity contribution is 0.429. The summed E-state index contributed by atoms with van der Waals surface area (Å²) >= 11 is 0. The van der Waals surface area contributed by atoms with Crippen LogP contribution in [0.25, 0.3) is 21.8 Å². The van der Waals surface area contributed by atoms with Gasteiger partial charge in [0.1, 0.15) is 6.07 Å². The Balaban J connectivity index is 1.45. The minimum atomic E-state index is 0.259. The summed E-state index contributed by atoms with van der Waals surface area (Å²) in [4.78, 5) is 6.92. The molecule has 0 radical (unpaired) electrons. The summed E-state index contributed by atoms with van der Waals surface area (Å²) in [7, 11) is 0. The molecule has 2 aromatic carbocycles. The van der Waals surface area contributed by atoms with Gasteiger partial charge in [-0.05, 0) is 68.6 Å². The molecule has 1 atom stereocenters. The predicted octanol–water partition coefficient (Wildman–Crippen LogP) is 4.50. The number of hydrogen-bond acceptors (Lipinski definition) is 5. The van der Waals surface area contributed by atoms with Crippen LogP contribution in [0.5, 0.6) is 0 Å². The smallest absolute Gasteiger partial charge is 0.101 e. The van der Waals surface area contributed by atoms with Gasteiger partial charge >= 0.3 is 0 Å². The van der Waals surface area contributed by atoms with Gasteiger partial charge in [-0.2, -0.15) is 10.4 Å². The van der Waals surface area contributed by atoms with Crippen LogP contribution in [0.1, 0.15) is 48.5 Å². The third-order valence-corrected chi connectivity index (χ3v) is 7.09. The van der Waals surface area contributed by atoms with Crippen LogP contribution in [0.4, 0.5) is 5.69 Å². The van der Waals surface area contributed by atoms with Gasteiger partial charge in [-0.15, -0.1) is 0 Å². The molecule has 4 aromatic rings. The largest absolute Gasteiger partial charge is 0.363 e. The van der Waals surface area contributed by atoms with Gasteiger partial charge in [0.05, 0.1) is 34.9 Å². The lowest BCUT2D eigenvalue weighted by atomic mass is 9.89. The van der Waals surface area contributed by atoms with E-state index in [0.717, 1.165) is 42.8 Å². The quantitative estimate of drug-likeness (QED) is 0.515. The van der Waals surface area contributed by atoms with Crippen LogP contribution in [0.2, 0.25) is 0 Å². The SMILES string of the molecule is C[C@@H]1CN(c2ccc(C#N)c3ncccc23)Cc2c3cccc(C4CCNCC4)c3nn21. The number of rotatable bonds is 2. The first-order valence-corrected chi connectivity index (χ1v) is 11.5. The second-order valence-corrected chi connectivity index (χ2v) is 9.03. The summed E-state index contributed by atoms with van der Waals surface area (Å²) in [6.07, 6.45) is 4.11. The Morgan fingerprint density at radius 2 is 1.88 bits per heavy atom. The molecule has 0 saturated carbocycles. The van der Waals surface area contributed by atoms with Crippen molar-refractivity contribution >= 4 is 27.5 Å². The second kappa shape index (κ2) is 7.61. The van der Waals surface area contributed by atoms with Crippen LogP contribution in [0.15, 0.2) is 48.7 Å². The molecule has 0 spiro atoms. The summed E-state index contributed by atoms with van der Waals surface area (Å²) in [5, 5.41) is 20.4. The molecule has 0 unspecified atom stereocenters. The van der Waals surface area contributed by atoms with Gasteiger partial charge < -0.3 is 10.2 Å². The molecule has 0 amide bonds. The molecule has 4 heterocycles. The number of nitrogens with one attached hydrogen (secondary N) is 1. The van der Waals surface area contributed by atoms with Gasteiger partial charge in [-0.25, -0.2) is 0 Å². The highest BCUT2D eigenvalue weighted by Gasteiger charge is 2.29. The highest BCUT2D eigenvalue weighted by atomic mass is 15.4. The Kier molecular flexibility index (Phi) is 4.58. The van der Waals surface area contributed by atoms with Crippen molar-refractivity contribution in [2.24, 2.45) is 0 Å². The zero-order chi connectivity index (χ0) is 21.7. The van der Waals surface area contributed by atoms with Crippen molar-refractivity contribution in [1.82, 2.24) is 20.1 Å². The van der Waals surface area contributed by atoms with E-state index in [2.05, 4.69) is 63.2 Å². The number of hydrogen-bond donors (Lipinski definition) is 1. The molecular weight excluding hydrogens is 396 g/mol. The van der Waals surface area contributed by atoms with E-state index >= 15 is 0 Å². The maximum absolute atomic E-state index is 9.51. The normalized spacial score (nSPS) is 19.2. The maximum Gasteiger partial charge on any atom is 0.101 e. The number of benzene rings is 2. The van der Waals surface area contributed by atoms with Crippen LogP contribution < -0.4 is 10.2 Å². The predicted molar refractivity (Wildman–Crippen MR) is 127 cm³/mol. The molecular formula is C26H26N6. The third kappa shape index (κ3) is 2.96. The van der Waals surface area contributed by atoms with Gasteiger partial charge in [0, 0.05) is 29.2 Å². The van der Waals surface area contributed by atoms with Gasteiger partial charge in [0.15, 0.2) is 0 Å². The van der Waals surface area contributed by atoms with E-state index in [-0.39, 0.29) is 6.04 Å². The average molecular weight is 423 g/mol. The summed E-state index contributed by atoms with van der Waals surface area (Å²) in [5.41, 5.74) is 6.38. The van der Waals surface area contributed by atoms with Crippen molar-refractivity contribution in [2.45, 2.75) is 38.3 Å². The average Bonchev–Trinajstić information content (AvgIpc) is 3.23. The van der Waals surface area contributed by atoms with E-state index in [0.29, 0.717) is 11.5 Å². The van der Waals surface area contributed by atoms with Crippen LogP contribution in [-0.2, 0) is 6.54 Å². The number of piperidine rings is 1. The number of anilines is 1. The first-order valence-electron chi connectivity index (χ1n) is 11.5. The second-order valence-electron chi connectivity index (χ2n) is 9.03. The molecule has 6 rings (SSSR count). The number of nitrogens with zero attached hydrogens (tertiary/aromatic N) is 5. The minimum Gasteiger partial charge on any atom is -0.363 e. The monoisotopic (exact) mass is 422 g/mol. The van der Waals surface area contributed by atoms with E-state index < -0.39 is 0 Å². The highest BCUT2D eigenvalue weighted by molar-refractivity contribution is 5.95. The molecule has 1 fully saturated rings. The van der Waals surface area contributed by atoms with Crippen molar-refractivity contribution in [3.8, 4) is 6.07 Å². The fourth-order valence-corrected chi connectivity index (χ4v) is 5.53. The Labute approximate surface area is 187 Å². The first-order chi connectivity index (χ1) is 15.7. The van der Waals surface area contributed by atoms with Crippen molar-refractivity contribution in [1.29, 1.82) is 5.26 Å². The van der Waals surface area contributed by atoms with Gasteiger partial charge in [0.2, 0.25) is 0 Å². The number of fused-ring (bicyclic) bond motifs is 4. The topological polar surface area (TPSA) is 69.8 Å². The van der Waals surface area contributed by atoms with E-state index in [9.17, 15) is 5.26 Å². The minimum absolute atomic E-state index is 0.259. The summed E-state index contributed by atoms with van der Waals surface area (Å²) in [6.45, 7) is 6.08. The molecule has 1 N–H and O–H groups in total. The maximum atomic E-state index is 9.51. The molecule has 2 aromatic heterocycles. The molecule has 32 heavy (non-hydrogen) atoms. The molecule has 0 bridgehead atoms. The fraction of sp³-hybridized carbons (Fsp3) is 0.346. The fourth-order valence-electron chi connectivity index (χ4n) is 5.53. The Bertz CT molecular complexity index is 1360. The van der Waals surface area contributed by atoms with Crippen molar-refractivity contribution in [2.75, 3.05) is 24.5 Å². The van der Waals surface area contributed by atoms with Crippen molar-refractivity contribution in [3.63, 3.8) is 0 Å². The zero-order valence-electron chi connectivity index (χ0n) is 18.3. The number of aromatic nitrogens is 3. The lowest BCUT2D eigenvalue weighted by Gasteiger charge is -2.34. The Hall–Kier alpha value is -3.43. The summed E-state index contributed by atoms with van der Waals surface area (Å²) in [6, 6.07) is 17.2. The highest BCUT2D eigenvalue weighted by Crippen LogP contribution is 2.37. The van der Waals surface area contributed by atoms with Crippen LogP contribution >= 0.6 is 0 Å². The molecule has 6 nitrogen and oxygen atoms in total. The first kappa shape index (κ1) is 19.3. The number of pyridine rings is 1. The Morgan fingerprint density at radius 3 is 2.72 bits per heavy atom. The third-order valence-electron chi connectivity index (χ3n) is 7.09. The number of nitriles is 1. The summed E-state index contributed by atoms with van der Waals surface area (Å²) in [5.74, 6) is 0.580.